The van der Waals surface area contributed by atoms with Gasteiger partial charge in [-0.15, -0.1) is 0 Å². The number of aliphatic hydroxyl groups is 1. The maximum Gasteiger partial charge on any atom is 0.230 e. The Kier molecular flexibility index (Phi) is 4.63. The Morgan fingerprint density at radius 1 is 1.09 bits per heavy atom. The molecule has 0 saturated heterocycles. The average molecular weight is 311 g/mol. The average Bonchev–Trinajstić information content (AvgIpc) is 3.36. The summed E-state index contributed by atoms with van der Waals surface area (Å²) in [6.07, 6.45) is 2.66. The van der Waals surface area contributed by atoms with Crippen LogP contribution in [0, 0.1) is 5.41 Å². The van der Waals surface area contributed by atoms with Crippen molar-refractivity contribution in [2.75, 3.05) is 18.5 Å². The number of aliphatic hydroxyl groups excluding tert-OH is 1. The predicted molar refractivity (Wildman–Crippen MR) is 89.5 cm³/mol. The number of ether oxygens (including phenoxy) is 1. The lowest BCUT2D eigenvalue weighted by Crippen LogP contribution is -2.26. The van der Waals surface area contributed by atoms with Crippen molar-refractivity contribution in [3.63, 3.8) is 0 Å². The molecule has 0 atom stereocenters. The van der Waals surface area contributed by atoms with E-state index in [1.54, 1.807) is 12.1 Å². The molecule has 0 unspecified atom stereocenters. The van der Waals surface area contributed by atoms with Crippen LogP contribution in [0.1, 0.15) is 18.4 Å². The SMILES string of the molecule is O=C(Nc1ccc(OCCO)cc1)C1(Cc2ccccc2)CC1. The third-order valence-corrected chi connectivity index (χ3v) is 4.19. The molecule has 2 aromatic rings. The summed E-state index contributed by atoms with van der Waals surface area (Å²) in [6, 6.07) is 17.4. The molecule has 0 aliphatic heterocycles. The van der Waals surface area contributed by atoms with E-state index in [-0.39, 0.29) is 24.5 Å². The molecule has 23 heavy (non-hydrogen) atoms. The third kappa shape index (κ3) is 3.90. The molecule has 0 spiro atoms. The van der Waals surface area contributed by atoms with Crippen molar-refractivity contribution in [3.05, 3.63) is 60.2 Å². The smallest absolute Gasteiger partial charge is 0.230 e. The van der Waals surface area contributed by atoms with Crippen molar-refractivity contribution < 1.29 is 14.6 Å². The van der Waals surface area contributed by atoms with E-state index < -0.39 is 0 Å². The third-order valence-electron chi connectivity index (χ3n) is 4.19. The molecular weight excluding hydrogens is 290 g/mol. The van der Waals surface area contributed by atoms with Gasteiger partial charge in [0.2, 0.25) is 5.91 Å². The number of benzene rings is 2. The molecule has 1 aliphatic carbocycles. The molecule has 1 aliphatic rings. The first-order valence-electron chi connectivity index (χ1n) is 7.91. The molecule has 2 N–H and O–H groups in total. The van der Waals surface area contributed by atoms with E-state index in [0.717, 1.165) is 24.9 Å². The molecule has 0 bridgehead atoms. The van der Waals surface area contributed by atoms with Crippen molar-refractivity contribution in [1.82, 2.24) is 0 Å². The standard InChI is InChI=1S/C19H21NO3/c21-12-13-23-17-8-6-16(7-9-17)20-18(22)19(10-11-19)14-15-4-2-1-3-5-15/h1-9,21H,10-14H2,(H,20,22). The van der Waals surface area contributed by atoms with Gasteiger partial charge in [0.15, 0.2) is 0 Å². The van der Waals surface area contributed by atoms with Gasteiger partial charge >= 0.3 is 0 Å². The van der Waals surface area contributed by atoms with E-state index in [1.807, 2.05) is 30.3 Å². The monoisotopic (exact) mass is 311 g/mol. The minimum absolute atomic E-state index is 0.0134. The maximum atomic E-state index is 12.6. The maximum absolute atomic E-state index is 12.6. The Balaban J connectivity index is 1.60. The molecule has 1 amide bonds. The van der Waals surface area contributed by atoms with E-state index in [0.29, 0.717) is 5.75 Å². The highest BCUT2D eigenvalue weighted by Gasteiger charge is 2.49. The summed E-state index contributed by atoms with van der Waals surface area (Å²) < 4.78 is 5.31. The first-order chi connectivity index (χ1) is 11.2. The van der Waals surface area contributed by atoms with Crippen LogP contribution in [0.15, 0.2) is 54.6 Å². The fourth-order valence-corrected chi connectivity index (χ4v) is 2.68. The van der Waals surface area contributed by atoms with Crippen LogP contribution >= 0.6 is 0 Å². The number of carbonyl (C=O) groups excluding carboxylic acids is 1. The molecule has 0 aromatic heterocycles. The summed E-state index contributed by atoms with van der Waals surface area (Å²) in [6.45, 7) is 0.256. The molecule has 1 fully saturated rings. The summed E-state index contributed by atoms with van der Waals surface area (Å²) in [7, 11) is 0. The Hall–Kier alpha value is -2.33. The largest absolute Gasteiger partial charge is 0.491 e. The molecule has 0 heterocycles. The van der Waals surface area contributed by atoms with E-state index in [9.17, 15) is 4.79 Å². The van der Waals surface area contributed by atoms with E-state index in [4.69, 9.17) is 9.84 Å². The summed E-state index contributed by atoms with van der Waals surface area (Å²) in [4.78, 5) is 12.6. The van der Waals surface area contributed by atoms with Crippen LogP contribution in [0.2, 0.25) is 0 Å². The van der Waals surface area contributed by atoms with Gasteiger partial charge in [0.05, 0.1) is 12.0 Å². The van der Waals surface area contributed by atoms with Crippen molar-refractivity contribution in [1.29, 1.82) is 0 Å². The van der Waals surface area contributed by atoms with Gasteiger partial charge in [-0.3, -0.25) is 4.79 Å². The topological polar surface area (TPSA) is 58.6 Å². The summed E-state index contributed by atoms with van der Waals surface area (Å²) in [5.74, 6) is 0.771. The van der Waals surface area contributed by atoms with Gasteiger partial charge in [0.1, 0.15) is 12.4 Å². The second-order valence-electron chi connectivity index (χ2n) is 5.99. The van der Waals surface area contributed by atoms with Crippen LogP contribution in [-0.2, 0) is 11.2 Å². The molecule has 0 radical (unpaired) electrons. The van der Waals surface area contributed by atoms with Crippen LogP contribution < -0.4 is 10.1 Å². The highest BCUT2D eigenvalue weighted by molar-refractivity contribution is 5.97. The zero-order chi connectivity index (χ0) is 16.1. The Morgan fingerprint density at radius 3 is 2.39 bits per heavy atom. The Bertz CT molecular complexity index is 648. The molecule has 4 nitrogen and oxygen atoms in total. The number of anilines is 1. The predicted octanol–water partition coefficient (Wildman–Crippen LogP) is 3.02. The van der Waals surface area contributed by atoms with Crippen molar-refractivity contribution in [3.8, 4) is 5.75 Å². The van der Waals surface area contributed by atoms with Gasteiger partial charge in [-0.25, -0.2) is 0 Å². The van der Waals surface area contributed by atoms with E-state index in [1.165, 1.54) is 5.56 Å². The van der Waals surface area contributed by atoms with Crippen LogP contribution in [0.25, 0.3) is 0 Å². The minimum Gasteiger partial charge on any atom is -0.491 e. The lowest BCUT2D eigenvalue weighted by atomic mass is 9.95. The molecule has 1 saturated carbocycles. The van der Waals surface area contributed by atoms with Crippen LogP contribution in [-0.4, -0.2) is 24.2 Å². The number of nitrogens with one attached hydrogen (secondary N) is 1. The zero-order valence-electron chi connectivity index (χ0n) is 13.0. The molecule has 120 valence electrons. The minimum atomic E-state index is -0.257. The fourth-order valence-electron chi connectivity index (χ4n) is 2.68. The first kappa shape index (κ1) is 15.6. The van der Waals surface area contributed by atoms with Gasteiger partial charge in [0, 0.05) is 5.69 Å². The highest BCUT2D eigenvalue weighted by atomic mass is 16.5. The van der Waals surface area contributed by atoms with Crippen LogP contribution in [0.5, 0.6) is 5.75 Å². The van der Waals surface area contributed by atoms with Crippen molar-refractivity contribution in [2.24, 2.45) is 5.41 Å². The summed E-state index contributed by atoms with van der Waals surface area (Å²) >= 11 is 0. The number of hydrogen-bond donors (Lipinski definition) is 2. The first-order valence-corrected chi connectivity index (χ1v) is 7.91. The number of amides is 1. The van der Waals surface area contributed by atoms with E-state index in [2.05, 4.69) is 17.4 Å². The molecular formula is C19H21NO3. The lowest BCUT2D eigenvalue weighted by Gasteiger charge is -2.15. The number of rotatable bonds is 7. The number of carbonyl (C=O) groups is 1. The normalized spacial score (nSPS) is 15.0. The van der Waals surface area contributed by atoms with Crippen LogP contribution in [0.3, 0.4) is 0 Å². The summed E-state index contributed by atoms with van der Waals surface area (Å²) in [5.41, 5.74) is 1.71. The van der Waals surface area contributed by atoms with Gasteiger partial charge in [0.25, 0.3) is 0 Å². The molecule has 3 rings (SSSR count). The summed E-state index contributed by atoms with van der Waals surface area (Å²) in [5, 5.41) is 11.7. The number of hydrogen-bond acceptors (Lipinski definition) is 3. The van der Waals surface area contributed by atoms with Gasteiger partial charge in [-0.1, -0.05) is 30.3 Å². The fraction of sp³-hybridized carbons (Fsp3) is 0.316. The lowest BCUT2D eigenvalue weighted by molar-refractivity contribution is -0.121. The second kappa shape index (κ2) is 6.84. The van der Waals surface area contributed by atoms with Gasteiger partial charge < -0.3 is 15.2 Å². The Morgan fingerprint density at radius 2 is 1.78 bits per heavy atom. The van der Waals surface area contributed by atoms with Gasteiger partial charge in [-0.05, 0) is 49.1 Å². The van der Waals surface area contributed by atoms with E-state index >= 15 is 0 Å². The quantitative estimate of drug-likeness (QED) is 0.826. The highest BCUT2D eigenvalue weighted by Crippen LogP contribution is 2.49. The Labute approximate surface area is 136 Å². The zero-order valence-corrected chi connectivity index (χ0v) is 13.0. The van der Waals surface area contributed by atoms with Crippen molar-refractivity contribution in [2.45, 2.75) is 19.3 Å². The van der Waals surface area contributed by atoms with Crippen molar-refractivity contribution >= 4 is 11.6 Å². The van der Waals surface area contributed by atoms with Gasteiger partial charge in [-0.2, -0.15) is 0 Å². The molecule has 4 heteroatoms. The van der Waals surface area contributed by atoms with Crippen LogP contribution in [0.4, 0.5) is 5.69 Å². The molecule has 2 aromatic carbocycles. The second-order valence-corrected chi connectivity index (χ2v) is 5.99.